The number of halogens is 1. The Morgan fingerprint density at radius 1 is 1.30 bits per heavy atom. The second-order valence-electron chi connectivity index (χ2n) is 3.85. The van der Waals surface area contributed by atoms with Crippen molar-refractivity contribution in [3.8, 4) is 11.1 Å². The van der Waals surface area contributed by atoms with Gasteiger partial charge in [-0.25, -0.2) is 0 Å². The van der Waals surface area contributed by atoms with Crippen molar-refractivity contribution in [1.82, 2.24) is 0 Å². The molecule has 7 heteroatoms. The Morgan fingerprint density at radius 3 is 2.45 bits per heavy atom. The van der Waals surface area contributed by atoms with Crippen LogP contribution in [0.5, 0.6) is 0 Å². The van der Waals surface area contributed by atoms with Gasteiger partial charge in [-0.2, -0.15) is 0 Å². The molecule has 20 heavy (non-hydrogen) atoms. The average Bonchev–Trinajstić information content (AvgIpc) is 2.79. The molecule has 2 N–H and O–H groups in total. The monoisotopic (exact) mass is 326 g/mol. The summed E-state index contributed by atoms with van der Waals surface area (Å²) in [5.74, 6) is -0.606. The summed E-state index contributed by atoms with van der Waals surface area (Å²) >= 11 is 9.69. The molecule has 0 saturated carbocycles. The number of hydrogen-bond acceptors (Lipinski definition) is 5. The van der Waals surface area contributed by atoms with Gasteiger partial charge in [-0.15, -0.1) is 0 Å². The Labute approximate surface area is 134 Å². The van der Waals surface area contributed by atoms with Crippen molar-refractivity contribution >= 4 is 45.5 Å². The second kappa shape index (κ2) is 8.43. The number of benzene rings is 1. The van der Waals surface area contributed by atoms with E-state index in [0.717, 1.165) is 16.0 Å². The second-order valence-corrected chi connectivity index (χ2v) is 5.40. The average molecular weight is 327 g/mol. The minimum atomic E-state index is -0.324. The molecule has 4 nitrogen and oxygen atoms in total. The number of rotatable bonds is 3. The van der Waals surface area contributed by atoms with Crippen molar-refractivity contribution in [3.63, 3.8) is 0 Å². The maximum absolute atomic E-state index is 11.6. The SMILES string of the molecule is CC(C(=O)[O][Al+2])c1scc(Cl)c1-c1ccccc1.[OH-].[OH-]. The summed E-state index contributed by atoms with van der Waals surface area (Å²) in [6, 6.07) is 9.81. The van der Waals surface area contributed by atoms with Crippen LogP contribution in [0.1, 0.15) is 17.7 Å². The van der Waals surface area contributed by atoms with Gasteiger partial charge in [-0.05, 0) is 0 Å². The number of hydrogen-bond donors (Lipinski definition) is 0. The third-order valence-corrected chi connectivity index (χ3v) is 4.52. The first-order valence-corrected chi connectivity index (χ1v) is 7.11. The van der Waals surface area contributed by atoms with Gasteiger partial charge in [0.15, 0.2) is 0 Å². The summed E-state index contributed by atoms with van der Waals surface area (Å²) in [6.45, 7) is 1.82. The number of carbonyl (C=O) groups is 1. The zero-order valence-electron chi connectivity index (χ0n) is 10.6. The number of carbonyl (C=O) groups excluding carboxylic acids is 1. The van der Waals surface area contributed by atoms with Crippen LogP contribution in [0.4, 0.5) is 0 Å². The predicted octanol–water partition coefficient (Wildman–Crippen LogP) is 3.45. The molecule has 2 rings (SSSR count). The molecule has 1 aromatic heterocycles. The first-order valence-electron chi connectivity index (χ1n) is 5.38. The van der Waals surface area contributed by atoms with Crippen molar-refractivity contribution in [1.29, 1.82) is 0 Å². The first kappa shape index (κ1) is 19.1. The third kappa shape index (κ3) is 3.83. The summed E-state index contributed by atoms with van der Waals surface area (Å²) in [6.07, 6.45) is 0. The normalized spacial score (nSPS) is 11.0. The Balaban J connectivity index is 0.00000180. The van der Waals surface area contributed by atoms with E-state index in [1.165, 1.54) is 11.3 Å². The molecule has 0 aliphatic heterocycles. The van der Waals surface area contributed by atoms with Gasteiger partial charge in [0.1, 0.15) is 0 Å². The zero-order valence-corrected chi connectivity index (χ0v) is 13.3. The molecule has 1 aromatic carbocycles. The first-order chi connectivity index (χ1) is 8.65. The Bertz CT molecular complexity index is 559. The van der Waals surface area contributed by atoms with Crippen LogP contribution in [0.2, 0.25) is 5.02 Å². The van der Waals surface area contributed by atoms with E-state index >= 15 is 0 Å². The van der Waals surface area contributed by atoms with Crippen LogP contribution >= 0.6 is 22.9 Å². The van der Waals surface area contributed by atoms with E-state index in [2.05, 4.69) is 0 Å². The molecule has 0 fully saturated rings. The summed E-state index contributed by atoms with van der Waals surface area (Å²) in [7, 11) is 0. The van der Waals surface area contributed by atoms with Crippen LogP contribution in [0.15, 0.2) is 35.7 Å². The quantitative estimate of drug-likeness (QED) is 0.808. The molecule has 1 heterocycles. The molecule has 2 aromatic rings. The smallest absolute Gasteiger partial charge is 0.870 e. The maximum atomic E-state index is 11.6. The Kier molecular flexibility index (Phi) is 8.06. The summed E-state index contributed by atoms with van der Waals surface area (Å²) in [4.78, 5) is 12.6. The van der Waals surface area contributed by atoms with Crippen LogP contribution < -0.4 is 0 Å². The van der Waals surface area contributed by atoms with Crippen molar-refractivity contribution in [2.45, 2.75) is 12.8 Å². The van der Waals surface area contributed by atoms with Crippen LogP contribution in [-0.2, 0) is 8.58 Å². The van der Waals surface area contributed by atoms with Gasteiger partial charge in [0, 0.05) is 0 Å². The minimum Gasteiger partial charge on any atom is -0.870 e. The fraction of sp³-hybridized carbons (Fsp3) is 0.154. The Morgan fingerprint density at radius 2 is 1.90 bits per heavy atom. The predicted molar refractivity (Wildman–Crippen MR) is 78.9 cm³/mol. The van der Waals surface area contributed by atoms with Crippen LogP contribution in [0.25, 0.3) is 11.1 Å². The molecular formula is C13H12AlClO4S. The minimum absolute atomic E-state index is 0. The third-order valence-electron chi connectivity index (χ3n) is 2.70. The van der Waals surface area contributed by atoms with Gasteiger partial charge in [0.25, 0.3) is 0 Å². The molecule has 104 valence electrons. The zero-order chi connectivity index (χ0) is 13.1. The van der Waals surface area contributed by atoms with Gasteiger partial charge in [0.05, 0.1) is 0 Å². The fourth-order valence-corrected chi connectivity index (χ4v) is 3.36. The number of thiophene rings is 1. The Hall–Kier alpha value is -0.868. The molecule has 1 unspecified atom stereocenters. The molecule has 0 saturated heterocycles. The largest absolute Gasteiger partial charge is 0.870 e. The van der Waals surface area contributed by atoms with E-state index in [0.29, 0.717) is 5.02 Å². The molecule has 0 aliphatic carbocycles. The van der Waals surface area contributed by atoms with Crippen LogP contribution in [0, 0.1) is 0 Å². The molecule has 0 aliphatic rings. The van der Waals surface area contributed by atoms with E-state index in [4.69, 9.17) is 15.4 Å². The van der Waals surface area contributed by atoms with Crippen molar-refractivity contribution in [2.75, 3.05) is 0 Å². The van der Waals surface area contributed by atoms with E-state index in [1.807, 2.05) is 59.3 Å². The summed E-state index contributed by atoms with van der Waals surface area (Å²) < 4.78 is 4.71. The molecule has 0 bridgehead atoms. The molecular weight excluding hydrogens is 315 g/mol. The van der Waals surface area contributed by atoms with Crippen molar-refractivity contribution < 1.29 is 19.5 Å². The van der Waals surface area contributed by atoms with Gasteiger partial charge in [-0.1, -0.05) is 0 Å². The van der Waals surface area contributed by atoms with Crippen molar-refractivity contribution in [2.24, 2.45) is 0 Å². The van der Waals surface area contributed by atoms with E-state index in [1.54, 1.807) is 0 Å². The van der Waals surface area contributed by atoms with E-state index in [9.17, 15) is 4.79 Å². The van der Waals surface area contributed by atoms with Gasteiger partial charge >= 0.3 is 124 Å². The standard InChI is InChI=1S/C13H11ClO2S.Al.2H2O/c1-8(13(15)16)12-11(10(14)7-17-12)9-5-3-2-4-6-9;;;/h2-8H,1H3,(H,15,16);;2*1H2/q;+3;;/p-3. The van der Waals surface area contributed by atoms with Crippen LogP contribution in [0.3, 0.4) is 0 Å². The summed E-state index contributed by atoms with van der Waals surface area (Å²) in [5.41, 5.74) is 1.94. The van der Waals surface area contributed by atoms with Crippen molar-refractivity contribution in [3.05, 3.63) is 45.6 Å². The summed E-state index contributed by atoms with van der Waals surface area (Å²) in [5, 5.41) is 2.52. The van der Waals surface area contributed by atoms with Gasteiger partial charge < -0.3 is 11.0 Å². The van der Waals surface area contributed by atoms with E-state index < -0.39 is 0 Å². The van der Waals surface area contributed by atoms with Gasteiger partial charge in [0.2, 0.25) is 0 Å². The van der Waals surface area contributed by atoms with Crippen LogP contribution in [-0.4, -0.2) is 33.5 Å². The molecule has 0 radical (unpaired) electrons. The van der Waals surface area contributed by atoms with E-state index in [-0.39, 0.29) is 22.8 Å². The maximum Gasteiger partial charge on any atom is -0.870 e. The topological polar surface area (TPSA) is 86.3 Å². The molecule has 1 atom stereocenters. The molecule has 0 spiro atoms. The molecule has 0 amide bonds. The fourth-order valence-electron chi connectivity index (χ4n) is 1.76. The van der Waals surface area contributed by atoms with Gasteiger partial charge in [-0.3, -0.25) is 0 Å².